The van der Waals surface area contributed by atoms with Crippen LogP contribution < -0.4 is 5.32 Å². The van der Waals surface area contributed by atoms with Crippen molar-refractivity contribution in [3.63, 3.8) is 0 Å². The van der Waals surface area contributed by atoms with Gasteiger partial charge in [0.15, 0.2) is 0 Å². The molecule has 88 valence electrons. The van der Waals surface area contributed by atoms with E-state index in [1.165, 1.54) is 16.7 Å². The highest BCUT2D eigenvalue weighted by atomic mass is 16.5. The minimum atomic E-state index is 0.680. The molecule has 0 aromatic heterocycles. The summed E-state index contributed by atoms with van der Waals surface area (Å²) < 4.78 is 5.11. The van der Waals surface area contributed by atoms with Crippen LogP contribution in [0.1, 0.15) is 24.5 Å². The van der Waals surface area contributed by atoms with Crippen molar-refractivity contribution in [2.75, 3.05) is 13.7 Å². The minimum Gasteiger partial charge on any atom is -0.380 e. The lowest BCUT2D eigenvalue weighted by molar-refractivity contribution is 0.185. The zero-order chi connectivity index (χ0) is 11.8. The van der Waals surface area contributed by atoms with Crippen LogP contribution in [-0.4, -0.2) is 13.7 Å². The Balaban J connectivity index is 2.35. The molecule has 0 saturated carbocycles. The molecule has 0 bridgehead atoms. The van der Waals surface area contributed by atoms with Crippen molar-refractivity contribution in [2.45, 2.75) is 26.5 Å². The Hall–Kier alpha value is -1.12. The molecule has 2 nitrogen and oxygen atoms in total. The summed E-state index contributed by atoms with van der Waals surface area (Å²) in [6.45, 7) is 8.52. The van der Waals surface area contributed by atoms with Gasteiger partial charge in [0, 0.05) is 13.7 Å². The zero-order valence-electron chi connectivity index (χ0n) is 10.3. The third-order valence-electron chi connectivity index (χ3n) is 2.36. The summed E-state index contributed by atoms with van der Waals surface area (Å²) in [6, 6.07) is 8.47. The Labute approximate surface area is 98.3 Å². The van der Waals surface area contributed by atoms with E-state index in [-0.39, 0.29) is 0 Å². The average molecular weight is 219 g/mol. The molecule has 0 atom stereocenters. The van der Waals surface area contributed by atoms with E-state index in [0.717, 1.165) is 19.5 Å². The quantitative estimate of drug-likeness (QED) is 0.562. The van der Waals surface area contributed by atoms with Gasteiger partial charge < -0.3 is 10.1 Å². The van der Waals surface area contributed by atoms with E-state index < -0.39 is 0 Å². The average Bonchev–Trinajstić information content (AvgIpc) is 2.25. The van der Waals surface area contributed by atoms with Crippen molar-refractivity contribution < 1.29 is 4.74 Å². The van der Waals surface area contributed by atoms with Gasteiger partial charge in [-0.15, -0.1) is 6.58 Å². The summed E-state index contributed by atoms with van der Waals surface area (Å²) in [7, 11) is 1.72. The first kappa shape index (κ1) is 12.9. The van der Waals surface area contributed by atoms with Crippen molar-refractivity contribution in [1.29, 1.82) is 0 Å². The van der Waals surface area contributed by atoms with Gasteiger partial charge in [0.1, 0.15) is 0 Å². The number of ether oxygens (including phenoxy) is 1. The number of nitrogens with one attached hydrogen (secondary N) is 1. The highest BCUT2D eigenvalue weighted by Crippen LogP contribution is 2.06. The predicted molar refractivity (Wildman–Crippen MR) is 68.3 cm³/mol. The van der Waals surface area contributed by atoms with Gasteiger partial charge in [0.05, 0.1) is 6.61 Å². The van der Waals surface area contributed by atoms with E-state index in [9.17, 15) is 0 Å². The molecular weight excluding hydrogens is 198 g/mol. The molecule has 0 heterocycles. The van der Waals surface area contributed by atoms with E-state index in [1.54, 1.807) is 7.11 Å². The van der Waals surface area contributed by atoms with Crippen LogP contribution >= 0.6 is 0 Å². The van der Waals surface area contributed by atoms with Gasteiger partial charge in [-0.2, -0.15) is 0 Å². The third-order valence-corrected chi connectivity index (χ3v) is 2.36. The number of methoxy groups -OCH3 is 1. The van der Waals surface area contributed by atoms with Gasteiger partial charge >= 0.3 is 0 Å². The fraction of sp³-hybridized carbons (Fsp3) is 0.429. The minimum absolute atomic E-state index is 0.680. The molecular formula is C14H21NO. The Morgan fingerprint density at radius 2 is 2.12 bits per heavy atom. The van der Waals surface area contributed by atoms with Crippen LogP contribution in [0.25, 0.3) is 0 Å². The molecule has 1 N–H and O–H groups in total. The molecule has 2 heteroatoms. The first-order valence-electron chi connectivity index (χ1n) is 5.64. The van der Waals surface area contributed by atoms with Crippen molar-refractivity contribution in [3.8, 4) is 0 Å². The van der Waals surface area contributed by atoms with Gasteiger partial charge in [-0.25, -0.2) is 0 Å². The lowest BCUT2D eigenvalue weighted by Crippen LogP contribution is -2.14. The fourth-order valence-electron chi connectivity index (χ4n) is 1.53. The lowest BCUT2D eigenvalue weighted by Gasteiger charge is -2.06. The van der Waals surface area contributed by atoms with E-state index in [0.29, 0.717) is 6.61 Å². The first-order valence-corrected chi connectivity index (χ1v) is 5.64. The first-order chi connectivity index (χ1) is 7.72. The summed E-state index contributed by atoms with van der Waals surface area (Å²) in [5, 5.41) is 3.40. The SMILES string of the molecule is C=C(C)CCNCc1cccc(COC)c1. The molecule has 0 amide bonds. The molecule has 0 aliphatic carbocycles. The maximum Gasteiger partial charge on any atom is 0.0713 e. The van der Waals surface area contributed by atoms with Crippen LogP contribution in [0.5, 0.6) is 0 Å². The number of hydrogen-bond acceptors (Lipinski definition) is 2. The predicted octanol–water partition coefficient (Wildman–Crippen LogP) is 2.89. The van der Waals surface area contributed by atoms with Crippen molar-refractivity contribution in [3.05, 3.63) is 47.5 Å². The van der Waals surface area contributed by atoms with Crippen molar-refractivity contribution >= 4 is 0 Å². The van der Waals surface area contributed by atoms with Gasteiger partial charge in [0.25, 0.3) is 0 Å². The van der Waals surface area contributed by atoms with Crippen LogP contribution in [0.3, 0.4) is 0 Å². The molecule has 0 radical (unpaired) electrons. The van der Waals surface area contributed by atoms with E-state index in [1.807, 2.05) is 0 Å². The summed E-state index contributed by atoms with van der Waals surface area (Å²) in [6.07, 6.45) is 1.04. The zero-order valence-corrected chi connectivity index (χ0v) is 10.3. The second-order valence-electron chi connectivity index (χ2n) is 4.14. The summed E-state index contributed by atoms with van der Waals surface area (Å²) in [5.74, 6) is 0. The maximum atomic E-state index is 5.11. The third kappa shape index (κ3) is 5.10. The molecule has 0 unspecified atom stereocenters. The second kappa shape index (κ2) is 7.20. The molecule has 0 aliphatic rings. The van der Waals surface area contributed by atoms with Crippen LogP contribution in [0, 0.1) is 0 Å². The highest BCUT2D eigenvalue weighted by Gasteiger charge is 1.95. The van der Waals surface area contributed by atoms with Crippen LogP contribution in [0.15, 0.2) is 36.4 Å². The molecule has 16 heavy (non-hydrogen) atoms. The topological polar surface area (TPSA) is 21.3 Å². The number of rotatable bonds is 7. The summed E-state index contributed by atoms with van der Waals surface area (Å²) in [5.41, 5.74) is 3.75. The van der Waals surface area contributed by atoms with E-state index in [4.69, 9.17) is 4.74 Å². The molecule has 1 aromatic rings. The number of hydrogen-bond donors (Lipinski definition) is 1. The van der Waals surface area contributed by atoms with Gasteiger partial charge in [-0.05, 0) is 31.0 Å². The monoisotopic (exact) mass is 219 g/mol. The lowest BCUT2D eigenvalue weighted by atomic mass is 10.1. The van der Waals surface area contributed by atoms with Crippen LogP contribution in [0.2, 0.25) is 0 Å². The van der Waals surface area contributed by atoms with Crippen LogP contribution in [-0.2, 0) is 17.9 Å². The summed E-state index contributed by atoms with van der Waals surface area (Å²) in [4.78, 5) is 0. The fourth-order valence-corrected chi connectivity index (χ4v) is 1.53. The summed E-state index contributed by atoms with van der Waals surface area (Å²) >= 11 is 0. The van der Waals surface area contributed by atoms with E-state index >= 15 is 0 Å². The van der Waals surface area contributed by atoms with Crippen molar-refractivity contribution in [2.24, 2.45) is 0 Å². The maximum absolute atomic E-state index is 5.11. The molecule has 1 rings (SSSR count). The Morgan fingerprint density at radius 3 is 2.81 bits per heavy atom. The molecule has 0 fully saturated rings. The Bertz CT molecular complexity index is 333. The molecule has 0 spiro atoms. The largest absolute Gasteiger partial charge is 0.380 e. The molecule has 0 saturated heterocycles. The van der Waals surface area contributed by atoms with Gasteiger partial charge in [0.2, 0.25) is 0 Å². The second-order valence-corrected chi connectivity index (χ2v) is 4.14. The van der Waals surface area contributed by atoms with E-state index in [2.05, 4.69) is 43.1 Å². The molecule has 0 aliphatic heterocycles. The Kier molecular flexibility index (Phi) is 5.83. The standard InChI is InChI=1S/C14H21NO/c1-12(2)7-8-15-10-13-5-4-6-14(9-13)11-16-3/h4-6,9,15H,1,7-8,10-11H2,2-3H3. The highest BCUT2D eigenvalue weighted by molar-refractivity contribution is 5.22. The van der Waals surface area contributed by atoms with Crippen LogP contribution in [0.4, 0.5) is 0 Å². The smallest absolute Gasteiger partial charge is 0.0713 e. The van der Waals surface area contributed by atoms with Gasteiger partial charge in [-0.1, -0.05) is 29.8 Å². The molecule has 1 aromatic carbocycles. The van der Waals surface area contributed by atoms with Gasteiger partial charge in [-0.3, -0.25) is 0 Å². The Morgan fingerprint density at radius 1 is 1.38 bits per heavy atom. The normalized spacial score (nSPS) is 10.4. The van der Waals surface area contributed by atoms with Crippen molar-refractivity contribution in [1.82, 2.24) is 5.32 Å². The number of benzene rings is 1.